The maximum Gasteiger partial charge on any atom is 0.339 e. The number of ether oxygens (including phenoxy) is 1. The van der Waals surface area contributed by atoms with Gasteiger partial charge in [0.1, 0.15) is 5.82 Å². The SMILES string of the molecule is COC(=O)c1ccc(N2CCC(C)C(n3ccnc3)C2)nc1C. The van der Waals surface area contributed by atoms with Crippen LogP contribution >= 0.6 is 0 Å². The zero-order valence-electron chi connectivity index (χ0n) is 13.8. The van der Waals surface area contributed by atoms with E-state index >= 15 is 0 Å². The number of anilines is 1. The van der Waals surface area contributed by atoms with Gasteiger partial charge in [-0.2, -0.15) is 0 Å². The molecule has 3 rings (SSSR count). The van der Waals surface area contributed by atoms with Crippen LogP contribution in [0.25, 0.3) is 0 Å². The predicted molar refractivity (Wildman–Crippen MR) is 87.6 cm³/mol. The van der Waals surface area contributed by atoms with Crippen LogP contribution in [-0.2, 0) is 4.74 Å². The lowest BCUT2D eigenvalue weighted by atomic mass is 9.93. The van der Waals surface area contributed by atoms with Gasteiger partial charge in [-0.15, -0.1) is 0 Å². The van der Waals surface area contributed by atoms with Crippen LogP contribution in [0.2, 0.25) is 0 Å². The van der Waals surface area contributed by atoms with Gasteiger partial charge in [0, 0.05) is 25.5 Å². The quantitative estimate of drug-likeness (QED) is 0.815. The largest absolute Gasteiger partial charge is 0.465 e. The van der Waals surface area contributed by atoms with Crippen LogP contribution in [0, 0.1) is 12.8 Å². The van der Waals surface area contributed by atoms with Gasteiger partial charge in [0.25, 0.3) is 0 Å². The summed E-state index contributed by atoms with van der Waals surface area (Å²) in [4.78, 5) is 22.7. The fourth-order valence-corrected chi connectivity index (χ4v) is 3.16. The molecule has 122 valence electrons. The zero-order chi connectivity index (χ0) is 16.4. The van der Waals surface area contributed by atoms with Crippen molar-refractivity contribution in [1.29, 1.82) is 0 Å². The van der Waals surface area contributed by atoms with Gasteiger partial charge in [0.15, 0.2) is 0 Å². The average Bonchev–Trinajstić information content (AvgIpc) is 3.08. The summed E-state index contributed by atoms with van der Waals surface area (Å²) in [7, 11) is 1.39. The Morgan fingerprint density at radius 3 is 2.87 bits per heavy atom. The fraction of sp³-hybridized carbons (Fsp3) is 0.471. The highest BCUT2D eigenvalue weighted by Crippen LogP contribution is 2.30. The average molecular weight is 314 g/mol. The molecule has 0 N–H and O–H groups in total. The Morgan fingerprint density at radius 1 is 1.39 bits per heavy atom. The summed E-state index contributed by atoms with van der Waals surface area (Å²) in [6, 6.07) is 4.09. The van der Waals surface area contributed by atoms with Crippen molar-refractivity contribution >= 4 is 11.8 Å². The Kier molecular flexibility index (Phi) is 4.32. The summed E-state index contributed by atoms with van der Waals surface area (Å²) in [5.74, 6) is 1.16. The fourth-order valence-electron chi connectivity index (χ4n) is 3.16. The highest BCUT2D eigenvalue weighted by atomic mass is 16.5. The monoisotopic (exact) mass is 314 g/mol. The first-order chi connectivity index (χ1) is 11.1. The summed E-state index contributed by atoms with van der Waals surface area (Å²) in [5, 5.41) is 0. The number of nitrogens with zero attached hydrogens (tertiary/aromatic N) is 4. The molecule has 2 aromatic rings. The Bertz CT molecular complexity index is 684. The van der Waals surface area contributed by atoms with Crippen molar-refractivity contribution < 1.29 is 9.53 Å². The van der Waals surface area contributed by atoms with Crippen molar-refractivity contribution in [1.82, 2.24) is 14.5 Å². The summed E-state index contributed by atoms with van der Waals surface area (Å²) in [5.41, 5.74) is 1.22. The van der Waals surface area contributed by atoms with Gasteiger partial charge in [-0.05, 0) is 31.4 Å². The van der Waals surface area contributed by atoms with Crippen LogP contribution < -0.4 is 4.90 Å². The van der Waals surface area contributed by atoms with E-state index in [1.807, 2.05) is 31.7 Å². The molecule has 2 atom stereocenters. The normalized spacial score (nSPS) is 21.3. The van der Waals surface area contributed by atoms with E-state index in [1.54, 1.807) is 6.07 Å². The molecule has 23 heavy (non-hydrogen) atoms. The van der Waals surface area contributed by atoms with Crippen LogP contribution in [0.1, 0.15) is 35.4 Å². The van der Waals surface area contributed by atoms with E-state index in [0.29, 0.717) is 23.2 Å². The molecule has 6 nitrogen and oxygen atoms in total. The standard InChI is InChI=1S/C17H22N4O2/c1-12-6-8-20(10-15(12)21-9-7-18-11-21)16-5-4-14(13(2)19-16)17(22)23-3/h4-5,7,9,11-12,15H,6,8,10H2,1-3H3. The number of imidazole rings is 1. The van der Waals surface area contributed by atoms with E-state index in [4.69, 9.17) is 4.74 Å². The second-order valence-electron chi connectivity index (χ2n) is 6.08. The van der Waals surface area contributed by atoms with Gasteiger partial charge in [0.2, 0.25) is 0 Å². The molecule has 2 unspecified atom stereocenters. The lowest BCUT2D eigenvalue weighted by molar-refractivity contribution is 0.0599. The zero-order valence-corrected chi connectivity index (χ0v) is 13.8. The smallest absolute Gasteiger partial charge is 0.339 e. The lowest BCUT2D eigenvalue weighted by Gasteiger charge is -2.38. The maximum atomic E-state index is 11.7. The summed E-state index contributed by atoms with van der Waals surface area (Å²) in [6.07, 6.45) is 6.81. The number of aromatic nitrogens is 3. The molecule has 1 fully saturated rings. The van der Waals surface area contributed by atoms with E-state index in [1.165, 1.54) is 7.11 Å². The number of carbonyl (C=O) groups excluding carboxylic acids is 1. The first-order valence-corrected chi connectivity index (χ1v) is 7.88. The van der Waals surface area contributed by atoms with Crippen molar-refractivity contribution in [2.45, 2.75) is 26.3 Å². The molecule has 0 aliphatic carbocycles. The van der Waals surface area contributed by atoms with Crippen molar-refractivity contribution in [3.8, 4) is 0 Å². The molecule has 0 amide bonds. The third-order valence-corrected chi connectivity index (χ3v) is 4.63. The van der Waals surface area contributed by atoms with E-state index in [0.717, 1.165) is 25.3 Å². The third kappa shape index (κ3) is 3.06. The number of rotatable bonds is 3. The van der Waals surface area contributed by atoms with Crippen LogP contribution in [0.15, 0.2) is 30.9 Å². The molecule has 0 bridgehead atoms. The number of hydrogen-bond donors (Lipinski definition) is 0. The second-order valence-corrected chi connectivity index (χ2v) is 6.08. The van der Waals surface area contributed by atoms with Gasteiger partial charge in [-0.25, -0.2) is 14.8 Å². The minimum Gasteiger partial charge on any atom is -0.465 e. The molecule has 2 aromatic heterocycles. The second kappa shape index (κ2) is 6.40. The highest BCUT2D eigenvalue weighted by molar-refractivity contribution is 5.90. The van der Waals surface area contributed by atoms with E-state index < -0.39 is 0 Å². The number of hydrogen-bond acceptors (Lipinski definition) is 5. The molecule has 1 aliphatic heterocycles. The molecular weight excluding hydrogens is 292 g/mol. The van der Waals surface area contributed by atoms with Crippen LogP contribution in [0.3, 0.4) is 0 Å². The molecule has 0 spiro atoms. The van der Waals surface area contributed by atoms with Crippen molar-refractivity contribution in [2.75, 3.05) is 25.1 Å². The van der Waals surface area contributed by atoms with Crippen LogP contribution in [0.4, 0.5) is 5.82 Å². The Balaban J connectivity index is 1.82. The van der Waals surface area contributed by atoms with Gasteiger partial charge < -0.3 is 14.2 Å². The minimum absolute atomic E-state index is 0.342. The van der Waals surface area contributed by atoms with Gasteiger partial charge in [-0.3, -0.25) is 0 Å². The Morgan fingerprint density at radius 2 is 2.22 bits per heavy atom. The lowest BCUT2D eigenvalue weighted by Crippen LogP contribution is -2.41. The van der Waals surface area contributed by atoms with Crippen molar-refractivity contribution in [3.63, 3.8) is 0 Å². The number of carbonyl (C=O) groups is 1. The predicted octanol–water partition coefficient (Wildman–Crippen LogP) is 2.46. The molecule has 0 radical (unpaired) electrons. The first-order valence-electron chi connectivity index (χ1n) is 7.88. The van der Waals surface area contributed by atoms with Gasteiger partial charge in [-0.1, -0.05) is 6.92 Å². The number of esters is 1. The minimum atomic E-state index is -0.342. The molecule has 0 saturated carbocycles. The van der Waals surface area contributed by atoms with Gasteiger partial charge in [0.05, 0.1) is 30.7 Å². The summed E-state index contributed by atoms with van der Waals surface area (Å²) >= 11 is 0. The molecule has 3 heterocycles. The number of aryl methyl sites for hydroxylation is 1. The number of pyridine rings is 1. The molecule has 0 aromatic carbocycles. The highest BCUT2D eigenvalue weighted by Gasteiger charge is 2.28. The first kappa shape index (κ1) is 15.5. The van der Waals surface area contributed by atoms with Gasteiger partial charge >= 0.3 is 5.97 Å². The van der Waals surface area contributed by atoms with Crippen molar-refractivity contribution in [2.24, 2.45) is 5.92 Å². The molecule has 1 aliphatic rings. The number of piperidine rings is 1. The van der Waals surface area contributed by atoms with Crippen molar-refractivity contribution in [3.05, 3.63) is 42.1 Å². The Hall–Kier alpha value is -2.37. The molecule has 6 heteroatoms. The Labute approximate surface area is 136 Å². The van der Waals surface area contributed by atoms with E-state index in [9.17, 15) is 4.79 Å². The van der Waals surface area contributed by atoms with E-state index in [2.05, 4.69) is 26.4 Å². The number of methoxy groups -OCH3 is 1. The molecule has 1 saturated heterocycles. The topological polar surface area (TPSA) is 60.2 Å². The van der Waals surface area contributed by atoms with Crippen LogP contribution in [0.5, 0.6) is 0 Å². The summed E-state index contributed by atoms with van der Waals surface area (Å²) in [6.45, 7) is 5.98. The van der Waals surface area contributed by atoms with E-state index in [-0.39, 0.29) is 5.97 Å². The molecular formula is C17H22N4O2. The summed E-state index contributed by atoms with van der Waals surface area (Å²) < 4.78 is 6.95. The maximum absolute atomic E-state index is 11.7. The third-order valence-electron chi connectivity index (χ3n) is 4.63. The van der Waals surface area contributed by atoms with Crippen LogP contribution in [-0.4, -0.2) is 40.7 Å².